The Kier molecular flexibility index (Phi) is 9.19. The quantitative estimate of drug-likeness (QED) is 0.279. The molecule has 2 aliphatic heterocycles. The average molecular weight is 545 g/mol. The van der Waals surface area contributed by atoms with Gasteiger partial charge in [0.25, 0.3) is 0 Å². The number of fused-ring (bicyclic) bond motifs is 1. The molecular weight excluding hydrogens is 507 g/mol. The fourth-order valence-corrected chi connectivity index (χ4v) is 5.71. The smallest absolute Gasteiger partial charge is 0.229 e. The molecule has 2 aromatic rings. The van der Waals surface area contributed by atoms with Gasteiger partial charge in [-0.25, -0.2) is 9.37 Å². The molecule has 1 aromatic heterocycles. The third-order valence-corrected chi connectivity index (χ3v) is 7.49. The van der Waals surface area contributed by atoms with Crippen molar-refractivity contribution >= 4 is 17.5 Å². The molecule has 0 spiro atoms. The molecule has 5 N–H and O–H groups in total. The van der Waals surface area contributed by atoms with E-state index < -0.39 is 31.2 Å². The summed E-state index contributed by atoms with van der Waals surface area (Å²) in [5.41, 5.74) is 0.536. The number of aliphatic hydroxyl groups excluding tert-OH is 4. The van der Waals surface area contributed by atoms with Crippen molar-refractivity contribution in [2.45, 2.75) is 69.4 Å². The minimum Gasteiger partial charge on any atom is -0.489 e. The number of nitriles is 1. The van der Waals surface area contributed by atoms with E-state index in [1.165, 1.54) is 12.1 Å². The Hall–Kier alpha value is -3.08. The summed E-state index contributed by atoms with van der Waals surface area (Å²) < 4.78 is 20.7. The highest BCUT2D eigenvalue weighted by Gasteiger charge is 2.45. The maximum absolute atomic E-state index is 15.2. The van der Waals surface area contributed by atoms with E-state index in [1.54, 1.807) is 11.0 Å². The number of aromatic nitrogens is 2. The van der Waals surface area contributed by atoms with E-state index >= 15 is 4.39 Å². The molecule has 0 aliphatic carbocycles. The molecule has 39 heavy (non-hydrogen) atoms. The first kappa shape index (κ1) is 28.9. The van der Waals surface area contributed by atoms with E-state index in [-0.39, 0.29) is 47.8 Å². The van der Waals surface area contributed by atoms with Crippen molar-refractivity contribution in [1.82, 2.24) is 14.9 Å². The van der Waals surface area contributed by atoms with E-state index in [1.807, 2.05) is 6.07 Å². The van der Waals surface area contributed by atoms with Gasteiger partial charge in [-0.15, -0.1) is 0 Å². The molecule has 12 heteroatoms. The SMILES string of the molecule is CC1(C)C[C@H](N(CC(O)CO)c2nc(Nc3ccc(OCC(O)CO)c(C#N)c3)ncc2F)C[C@@H]2CCCN21. The summed E-state index contributed by atoms with van der Waals surface area (Å²) >= 11 is 0. The summed E-state index contributed by atoms with van der Waals surface area (Å²) in [6.07, 6.45) is 2.65. The van der Waals surface area contributed by atoms with Gasteiger partial charge in [0.15, 0.2) is 11.6 Å². The molecule has 2 saturated heterocycles. The first-order valence-corrected chi connectivity index (χ1v) is 13.2. The maximum atomic E-state index is 15.2. The van der Waals surface area contributed by atoms with Crippen molar-refractivity contribution in [2.75, 3.05) is 43.1 Å². The average Bonchev–Trinajstić information content (AvgIpc) is 3.41. The summed E-state index contributed by atoms with van der Waals surface area (Å²) in [5, 5.41) is 50.9. The van der Waals surface area contributed by atoms with Crippen molar-refractivity contribution in [2.24, 2.45) is 0 Å². The zero-order valence-corrected chi connectivity index (χ0v) is 22.3. The van der Waals surface area contributed by atoms with Gasteiger partial charge < -0.3 is 35.4 Å². The number of halogens is 1. The summed E-state index contributed by atoms with van der Waals surface area (Å²) in [6, 6.07) is 6.96. The van der Waals surface area contributed by atoms with Gasteiger partial charge in [0.2, 0.25) is 5.95 Å². The zero-order valence-electron chi connectivity index (χ0n) is 22.3. The van der Waals surface area contributed by atoms with Gasteiger partial charge in [-0.05, 0) is 64.3 Å². The van der Waals surface area contributed by atoms with Crippen LogP contribution < -0.4 is 15.0 Å². The Morgan fingerprint density at radius 3 is 2.77 bits per heavy atom. The van der Waals surface area contributed by atoms with Gasteiger partial charge in [-0.3, -0.25) is 4.90 Å². The van der Waals surface area contributed by atoms with Crippen LogP contribution in [-0.4, -0.2) is 98.0 Å². The van der Waals surface area contributed by atoms with E-state index in [2.05, 4.69) is 34.0 Å². The summed E-state index contributed by atoms with van der Waals surface area (Å²) in [5.74, 6) is -0.269. The highest BCUT2D eigenvalue weighted by Crippen LogP contribution is 2.40. The van der Waals surface area contributed by atoms with E-state index in [4.69, 9.17) is 9.84 Å². The lowest BCUT2D eigenvalue weighted by Crippen LogP contribution is -2.58. The van der Waals surface area contributed by atoms with Gasteiger partial charge in [-0.2, -0.15) is 10.2 Å². The number of hydrogen-bond donors (Lipinski definition) is 5. The third kappa shape index (κ3) is 6.74. The number of hydrogen-bond acceptors (Lipinski definition) is 11. The highest BCUT2D eigenvalue weighted by atomic mass is 19.1. The Balaban J connectivity index is 1.59. The predicted molar refractivity (Wildman–Crippen MR) is 142 cm³/mol. The Morgan fingerprint density at radius 2 is 2.05 bits per heavy atom. The Labute approximate surface area is 227 Å². The van der Waals surface area contributed by atoms with Crippen molar-refractivity contribution in [1.29, 1.82) is 5.26 Å². The molecule has 0 saturated carbocycles. The van der Waals surface area contributed by atoms with Crippen LogP contribution in [0.5, 0.6) is 5.75 Å². The zero-order chi connectivity index (χ0) is 28.2. The lowest BCUT2D eigenvalue weighted by atomic mass is 9.83. The monoisotopic (exact) mass is 544 g/mol. The largest absolute Gasteiger partial charge is 0.489 e. The van der Waals surface area contributed by atoms with Crippen LogP contribution in [0.15, 0.2) is 24.4 Å². The van der Waals surface area contributed by atoms with Gasteiger partial charge >= 0.3 is 0 Å². The van der Waals surface area contributed by atoms with Crippen LogP contribution in [-0.2, 0) is 0 Å². The summed E-state index contributed by atoms with van der Waals surface area (Å²) in [6.45, 7) is 4.33. The number of benzene rings is 1. The van der Waals surface area contributed by atoms with Gasteiger partial charge in [0, 0.05) is 29.9 Å². The van der Waals surface area contributed by atoms with Crippen molar-refractivity contribution in [3.8, 4) is 11.8 Å². The van der Waals surface area contributed by atoms with Crippen LogP contribution in [0.1, 0.15) is 45.1 Å². The lowest BCUT2D eigenvalue weighted by molar-refractivity contribution is 0.0389. The lowest BCUT2D eigenvalue weighted by Gasteiger charge is -2.50. The van der Waals surface area contributed by atoms with E-state index in [9.17, 15) is 20.6 Å². The van der Waals surface area contributed by atoms with Crippen LogP contribution in [0.3, 0.4) is 0 Å². The van der Waals surface area contributed by atoms with Crippen LogP contribution in [0.25, 0.3) is 0 Å². The summed E-state index contributed by atoms with van der Waals surface area (Å²) in [4.78, 5) is 12.8. The topological polar surface area (TPSA) is 158 Å². The third-order valence-electron chi connectivity index (χ3n) is 7.49. The first-order chi connectivity index (χ1) is 18.6. The molecule has 0 amide bonds. The number of aliphatic hydroxyl groups is 4. The van der Waals surface area contributed by atoms with Crippen molar-refractivity contribution < 1.29 is 29.6 Å². The van der Waals surface area contributed by atoms with Crippen LogP contribution >= 0.6 is 0 Å². The second-order valence-corrected chi connectivity index (χ2v) is 10.8. The van der Waals surface area contributed by atoms with Crippen molar-refractivity contribution in [3.63, 3.8) is 0 Å². The number of ether oxygens (including phenoxy) is 1. The molecule has 2 fully saturated rings. The molecule has 4 rings (SSSR count). The second kappa shape index (κ2) is 12.4. The maximum Gasteiger partial charge on any atom is 0.229 e. The number of rotatable bonds is 11. The molecule has 3 heterocycles. The molecule has 4 atom stereocenters. The molecule has 0 radical (unpaired) electrons. The molecule has 11 nitrogen and oxygen atoms in total. The number of nitrogens with zero attached hydrogens (tertiary/aromatic N) is 5. The van der Waals surface area contributed by atoms with Crippen molar-refractivity contribution in [3.05, 3.63) is 35.8 Å². The molecule has 212 valence electrons. The van der Waals surface area contributed by atoms with Gasteiger partial charge in [0.1, 0.15) is 24.5 Å². The van der Waals surface area contributed by atoms with E-state index in [0.29, 0.717) is 11.7 Å². The Bertz CT molecular complexity index is 1180. The fourth-order valence-electron chi connectivity index (χ4n) is 5.71. The second-order valence-electron chi connectivity index (χ2n) is 10.8. The molecule has 2 aliphatic rings. The first-order valence-electron chi connectivity index (χ1n) is 13.2. The molecular formula is C27H37FN6O5. The molecule has 2 unspecified atom stereocenters. The Morgan fingerprint density at radius 1 is 1.28 bits per heavy atom. The van der Waals surface area contributed by atoms with E-state index in [0.717, 1.165) is 38.4 Å². The molecule has 1 aromatic carbocycles. The normalized spacial score (nSPS) is 22.0. The highest BCUT2D eigenvalue weighted by molar-refractivity contribution is 5.61. The van der Waals surface area contributed by atoms with Crippen LogP contribution in [0, 0.1) is 17.1 Å². The minimum absolute atomic E-state index is 0.0155. The van der Waals surface area contributed by atoms with Crippen LogP contribution in [0.2, 0.25) is 0 Å². The van der Waals surface area contributed by atoms with Gasteiger partial charge in [-0.1, -0.05) is 0 Å². The standard InChI is InChI=1S/C27H37FN6O5/c1-27(2)10-20(9-19-4-3-7-34(19)27)33(13-21(37)14-35)25-23(28)12-30-26(32-25)31-18-5-6-24(17(8-18)11-29)39-16-22(38)15-36/h5-6,8,12,19-22,35-38H,3-4,7,9-10,13-16H2,1-2H3,(H,30,31,32)/t19-,20+,21?,22?/m0/s1. The van der Waals surface area contributed by atoms with Crippen LogP contribution in [0.4, 0.5) is 21.8 Å². The number of nitrogens with one attached hydrogen (secondary N) is 1. The molecule has 0 bridgehead atoms. The number of piperidine rings is 1. The minimum atomic E-state index is -1.07. The van der Waals surface area contributed by atoms with Gasteiger partial charge in [0.05, 0.1) is 31.1 Å². The predicted octanol–water partition coefficient (Wildman–Crippen LogP) is 1.53. The summed E-state index contributed by atoms with van der Waals surface area (Å²) in [7, 11) is 0. The fraction of sp³-hybridized carbons (Fsp3) is 0.593. The number of anilines is 3.